The first kappa shape index (κ1) is 14.1. The van der Waals surface area contributed by atoms with Gasteiger partial charge in [-0.1, -0.05) is 19.9 Å². The van der Waals surface area contributed by atoms with Crippen LogP contribution in [0.3, 0.4) is 0 Å². The summed E-state index contributed by atoms with van der Waals surface area (Å²) in [6.45, 7) is 12.5. The van der Waals surface area contributed by atoms with E-state index in [-0.39, 0.29) is 29.8 Å². The number of hydrogen-bond donors (Lipinski definition) is 1. The van der Waals surface area contributed by atoms with Crippen LogP contribution in [0.5, 0.6) is 0 Å². The van der Waals surface area contributed by atoms with Crippen LogP contribution < -0.4 is 0 Å². The molecule has 1 fully saturated rings. The molecule has 0 spiro atoms. The van der Waals surface area contributed by atoms with Crippen LogP contribution in [0.15, 0.2) is 11.5 Å². The summed E-state index contributed by atoms with van der Waals surface area (Å²) in [5, 5.41) is 9.98. The van der Waals surface area contributed by atoms with Gasteiger partial charge in [-0.3, -0.25) is 0 Å². The smallest absolute Gasteiger partial charge is 0.400 e. The van der Waals surface area contributed by atoms with E-state index in [1.54, 1.807) is 0 Å². The Morgan fingerprint density at radius 3 is 2.06 bits per heavy atom. The van der Waals surface area contributed by atoms with Crippen molar-refractivity contribution in [2.75, 3.05) is 0 Å². The average Bonchev–Trinajstić information content (AvgIpc) is 2.32. The van der Waals surface area contributed by atoms with Crippen molar-refractivity contribution in [1.29, 1.82) is 0 Å². The predicted octanol–water partition coefficient (Wildman–Crippen LogP) is 2.73. The lowest BCUT2D eigenvalue weighted by atomic mass is 9.66. The van der Waals surface area contributed by atoms with E-state index >= 15 is 0 Å². The Bertz CT molecular complexity index is 355. The molecule has 0 aromatic rings. The molecule has 1 N–H and O–H groups in total. The fourth-order valence-electron chi connectivity index (χ4n) is 2.73. The highest BCUT2D eigenvalue weighted by molar-refractivity contribution is 6.54. The lowest BCUT2D eigenvalue weighted by Gasteiger charge is -2.32. The Balaban J connectivity index is 2.22. The summed E-state index contributed by atoms with van der Waals surface area (Å²) in [6, 6.07) is 0. The van der Waals surface area contributed by atoms with Gasteiger partial charge in [-0.05, 0) is 51.4 Å². The van der Waals surface area contributed by atoms with Gasteiger partial charge in [0.1, 0.15) is 0 Å². The predicted molar refractivity (Wildman–Crippen MR) is 73.2 cm³/mol. The summed E-state index contributed by atoms with van der Waals surface area (Å²) in [5.41, 5.74) is 0.463. The van der Waals surface area contributed by atoms with Gasteiger partial charge in [0.2, 0.25) is 0 Å². The van der Waals surface area contributed by atoms with Crippen LogP contribution in [0.4, 0.5) is 0 Å². The molecule has 4 heteroatoms. The maximum absolute atomic E-state index is 9.98. The van der Waals surface area contributed by atoms with Gasteiger partial charge in [0.15, 0.2) is 0 Å². The molecule has 0 aromatic heterocycles. The molecule has 1 atom stereocenters. The minimum Gasteiger partial charge on any atom is -0.400 e. The topological polar surface area (TPSA) is 38.7 Å². The standard InChI is InChI=1S/C14H25BO3/c1-12(2)8-10(7-11(16)9-12)15-17-13(3,4)14(5,6)18-15/h8,11,16H,7,9H2,1-6H3. The van der Waals surface area contributed by atoms with E-state index in [4.69, 9.17) is 9.31 Å². The maximum atomic E-state index is 9.98. The van der Waals surface area contributed by atoms with E-state index < -0.39 is 0 Å². The minimum atomic E-state index is -0.316. The normalized spacial score (nSPS) is 33.4. The SMILES string of the molecule is CC1(C)C=C(B2OC(C)(C)C(C)(C)O2)CC(O)C1. The number of rotatable bonds is 1. The summed E-state index contributed by atoms with van der Waals surface area (Å²) in [7, 11) is -0.316. The summed E-state index contributed by atoms with van der Waals surface area (Å²) in [6.07, 6.45) is 3.37. The van der Waals surface area contributed by atoms with Gasteiger partial charge in [0.25, 0.3) is 0 Å². The highest BCUT2D eigenvalue weighted by atomic mass is 16.7. The first-order valence-corrected chi connectivity index (χ1v) is 6.78. The zero-order chi connectivity index (χ0) is 13.8. The fraction of sp³-hybridized carbons (Fsp3) is 0.857. The van der Waals surface area contributed by atoms with Gasteiger partial charge >= 0.3 is 7.12 Å². The second kappa shape index (κ2) is 4.09. The molecule has 0 bridgehead atoms. The molecule has 0 aromatic carbocycles. The second-order valence-corrected chi connectivity index (χ2v) is 7.36. The van der Waals surface area contributed by atoms with Gasteiger partial charge in [-0.25, -0.2) is 0 Å². The first-order valence-electron chi connectivity index (χ1n) is 6.78. The first-order chi connectivity index (χ1) is 8.02. The zero-order valence-corrected chi connectivity index (χ0v) is 12.4. The molecule has 18 heavy (non-hydrogen) atoms. The Morgan fingerprint density at radius 1 is 1.11 bits per heavy atom. The zero-order valence-electron chi connectivity index (χ0n) is 12.4. The molecule has 0 saturated carbocycles. The fourth-order valence-corrected chi connectivity index (χ4v) is 2.73. The number of aliphatic hydroxyl groups is 1. The molecular formula is C14H25BO3. The minimum absolute atomic E-state index is 0.0105. The number of hydrogen-bond acceptors (Lipinski definition) is 3. The van der Waals surface area contributed by atoms with Crippen molar-refractivity contribution in [2.45, 2.75) is 71.7 Å². The Morgan fingerprint density at radius 2 is 1.61 bits per heavy atom. The molecule has 2 rings (SSSR count). The molecule has 102 valence electrons. The third kappa shape index (κ3) is 2.51. The quantitative estimate of drug-likeness (QED) is 0.729. The Labute approximate surface area is 111 Å². The molecule has 0 radical (unpaired) electrons. The van der Waals surface area contributed by atoms with E-state index in [1.165, 1.54) is 0 Å². The van der Waals surface area contributed by atoms with Crippen LogP contribution in [-0.4, -0.2) is 29.5 Å². The van der Waals surface area contributed by atoms with Gasteiger partial charge in [0.05, 0.1) is 17.3 Å². The van der Waals surface area contributed by atoms with Crippen LogP contribution in [0.1, 0.15) is 54.4 Å². The van der Waals surface area contributed by atoms with E-state index in [0.29, 0.717) is 6.42 Å². The molecule has 0 amide bonds. The second-order valence-electron chi connectivity index (χ2n) is 7.36. The Hall–Kier alpha value is -0.315. The molecule has 1 heterocycles. The highest BCUT2D eigenvalue weighted by Crippen LogP contribution is 2.42. The van der Waals surface area contributed by atoms with Crippen LogP contribution in [0, 0.1) is 5.41 Å². The third-order valence-electron chi connectivity index (χ3n) is 4.37. The summed E-state index contributed by atoms with van der Waals surface area (Å²) in [4.78, 5) is 0. The molecule has 1 aliphatic heterocycles. The van der Waals surface area contributed by atoms with Gasteiger partial charge in [0, 0.05) is 0 Å². The van der Waals surface area contributed by atoms with Crippen molar-refractivity contribution in [3.05, 3.63) is 11.5 Å². The monoisotopic (exact) mass is 252 g/mol. The van der Waals surface area contributed by atoms with E-state index in [1.807, 2.05) is 0 Å². The molecule has 1 saturated heterocycles. The van der Waals surface area contributed by atoms with Gasteiger partial charge < -0.3 is 14.4 Å². The van der Waals surface area contributed by atoms with Crippen molar-refractivity contribution in [3.8, 4) is 0 Å². The highest BCUT2D eigenvalue weighted by Gasteiger charge is 2.53. The van der Waals surface area contributed by atoms with Crippen molar-refractivity contribution in [1.82, 2.24) is 0 Å². The van der Waals surface area contributed by atoms with Gasteiger partial charge in [-0.2, -0.15) is 0 Å². The van der Waals surface area contributed by atoms with Crippen molar-refractivity contribution in [3.63, 3.8) is 0 Å². The number of aliphatic hydroxyl groups excluding tert-OH is 1. The lowest BCUT2D eigenvalue weighted by Crippen LogP contribution is -2.41. The summed E-state index contributed by atoms with van der Waals surface area (Å²) >= 11 is 0. The molecule has 3 nitrogen and oxygen atoms in total. The van der Waals surface area contributed by atoms with Crippen LogP contribution >= 0.6 is 0 Å². The summed E-state index contributed by atoms with van der Waals surface area (Å²) in [5.74, 6) is 0. The van der Waals surface area contributed by atoms with Crippen molar-refractivity contribution < 1.29 is 14.4 Å². The Kier molecular flexibility index (Phi) is 3.20. The van der Waals surface area contributed by atoms with E-state index in [9.17, 15) is 5.11 Å². The third-order valence-corrected chi connectivity index (χ3v) is 4.37. The van der Waals surface area contributed by atoms with Crippen LogP contribution in [0.2, 0.25) is 0 Å². The lowest BCUT2D eigenvalue weighted by molar-refractivity contribution is 0.00578. The molecule has 2 aliphatic rings. The van der Waals surface area contributed by atoms with E-state index in [0.717, 1.165) is 11.9 Å². The van der Waals surface area contributed by atoms with E-state index in [2.05, 4.69) is 47.6 Å². The average molecular weight is 252 g/mol. The molecule has 1 aliphatic carbocycles. The van der Waals surface area contributed by atoms with Crippen LogP contribution in [0.25, 0.3) is 0 Å². The van der Waals surface area contributed by atoms with Crippen LogP contribution in [-0.2, 0) is 9.31 Å². The number of allylic oxidation sites excluding steroid dienone is 1. The maximum Gasteiger partial charge on any atom is 0.490 e. The van der Waals surface area contributed by atoms with Crippen molar-refractivity contribution >= 4 is 7.12 Å². The van der Waals surface area contributed by atoms with Crippen molar-refractivity contribution in [2.24, 2.45) is 5.41 Å². The summed E-state index contributed by atoms with van der Waals surface area (Å²) < 4.78 is 12.1. The largest absolute Gasteiger partial charge is 0.490 e. The molecular weight excluding hydrogens is 227 g/mol. The van der Waals surface area contributed by atoms with Gasteiger partial charge in [-0.15, -0.1) is 0 Å². The molecule has 1 unspecified atom stereocenters.